The summed E-state index contributed by atoms with van der Waals surface area (Å²) in [5.41, 5.74) is 0.595. The monoisotopic (exact) mass is 299 g/mol. The molecule has 0 aliphatic carbocycles. The first-order valence-electron chi connectivity index (χ1n) is 5.46. The van der Waals surface area contributed by atoms with Gasteiger partial charge in [-0.3, -0.25) is 4.79 Å². The highest BCUT2D eigenvalue weighted by molar-refractivity contribution is 9.09. The number of halogens is 1. The minimum Gasteiger partial charge on any atom is -0.508 e. The molecule has 0 spiro atoms. The molecule has 92 valence electrons. The molecular weight excluding hydrogens is 286 g/mol. The third-order valence-corrected chi connectivity index (χ3v) is 3.43. The van der Waals surface area contributed by atoms with Crippen LogP contribution in [-0.4, -0.2) is 47.0 Å². The first kappa shape index (κ1) is 12.4. The number of rotatable bonds is 2. The molecule has 1 aromatic carbocycles. The van der Waals surface area contributed by atoms with Gasteiger partial charge in [0, 0.05) is 24.0 Å². The summed E-state index contributed by atoms with van der Waals surface area (Å²) in [6.07, 6.45) is 0.0600. The van der Waals surface area contributed by atoms with E-state index in [1.54, 1.807) is 17.0 Å². The number of benzene rings is 1. The summed E-state index contributed by atoms with van der Waals surface area (Å²) in [5.74, 6) is 0.154. The quantitative estimate of drug-likeness (QED) is 0.845. The molecule has 17 heavy (non-hydrogen) atoms. The lowest BCUT2D eigenvalue weighted by atomic mass is 10.1. The Balaban J connectivity index is 2.06. The van der Waals surface area contributed by atoms with E-state index in [0.717, 1.165) is 5.33 Å². The zero-order chi connectivity index (χ0) is 12.3. The fraction of sp³-hybridized carbons (Fsp3) is 0.417. The molecule has 1 atom stereocenters. The van der Waals surface area contributed by atoms with Crippen molar-refractivity contribution in [2.75, 3.05) is 25.0 Å². The fourth-order valence-electron chi connectivity index (χ4n) is 1.78. The average Bonchev–Trinajstić information content (AvgIpc) is 2.39. The van der Waals surface area contributed by atoms with E-state index in [0.29, 0.717) is 25.3 Å². The van der Waals surface area contributed by atoms with E-state index in [-0.39, 0.29) is 17.8 Å². The molecule has 4 nitrogen and oxygen atoms in total. The summed E-state index contributed by atoms with van der Waals surface area (Å²) in [4.78, 5) is 13.9. The predicted octanol–water partition coefficient (Wildman–Crippen LogP) is 1.63. The van der Waals surface area contributed by atoms with Crippen molar-refractivity contribution in [3.63, 3.8) is 0 Å². The Morgan fingerprint density at radius 2 is 2.18 bits per heavy atom. The van der Waals surface area contributed by atoms with Crippen LogP contribution in [-0.2, 0) is 4.74 Å². The molecule has 1 fully saturated rings. The van der Waals surface area contributed by atoms with Crippen LogP contribution in [0.15, 0.2) is 24.3 Å². The number of phenolic OH excluding ortho intramolecular Hbond substituents is 1. The second-order valence-electron chi connectivity index (χ2n) is 3.95. The molecule has 1 N–H and O–H groups in total. The van der Waals surface area contributed by atoms with Gasteiger partial charge in [-0.2, -0.15) is 0 Å². The van der Waals surface area contributed by atoms with Gasteiger partial charge in [-0.05, 0) is 24.3 Å². The molecule has 1 unspecified atom stereocenters. The van der Waals surface area contributed by atoms with Crippen LogP contribution in [0, 0.1) is 0 Å². The van der Waals surface area contributed by atoms with E-state index in [4.69, 9.17) is 4.74 Å². The number of alkyl halides is 1. The molecule has 2 rings (SSSR count). The van der Waals surface area contributed by atoms with Gasteiger partial charge in [0.05, 0.1) is 12.7 Å². The van der Waals surface area contributed by atoms with Crippen LogP contribution in [0.3, 0.4) is 0 Å². The van der Waals surface area contributed by atoms with Gasteiger partial charge in [0.1, 0.15) is 5.75 Å². The topological polar surface area (TPSA) is 49.8 Å². The molecule has 1 aromatic rings. The molecule has 0 saturated carbocycles. The number of carbonyl (C=O) groups excluding carboxylic acids is 1. The first-order valence-corrected chi connectivity index (χ1v) is 6.58. The standard InChI is InChI=1S/C12H14BrNO3/c13-7-11-8-14(5-6-17-11)12(16)9-1-3-10(15)4-2-9/h1-4,11,15H,5-8H2. The van der Waals surface area contributed by atoms with Crippen LogP contribution in [0.1, 0.15) is 10.4 Å². The summed E-state index contributed by atoms with van der Waals surface area (Å²) >= 11 is 3.36. The summed E-state index contributed by atoms with van der Waals surface area (Å²) < 4.78 is 5.48. The minimum atomic E-state index is -0.0146. The maximum Gasteiger partial charge on any atom is 0.254 e. The van der Waals surface area contributed by atoms with Crippen LogP contribution in [0.5, 0.6) is 5.75 Å². The highest BCUT2D eigenvalue weighted by Crippen LogP contribution is 2.14. The molecule has 1 aliphatic heterocycles. The highest BCUT2D eigenvalue weighted by atomic mass is 79.9. The van der Waals surface area contributed by atoms with Crippen molar-refractivity contribution in [1.82, 2.24) is 4.90 Å². The third kappa shape index (κ3) is 2.98. The van der Waals surface area contributed by atoms with Crippen molar-refractivity contribution in [2.45, 2.75) is 6.10 Å². The highest BCUT2D eigenvalue weighted by Gasteiger charge is 2.24. The van der Waals surface area contributed by atoms with Crippen molar-refractivity contribution in [1.29, 1.82) is 0 Å². The molecular formula is C12H14BrNO3. The van der Waals surface area contributed by atoms with Crippen LogP contribution in [0.4, 0.5) is 0 Å². The lowest BCUT2D eigenvalue weighted by Gasteiger charge is -2.32. The van der Waals surface area contributed by atoms with Crippen molar-refractivity contribution in [2.24, 2.45) is 0 Å². The molecule has 5 heteroatoms. The summed E-state index contributed by atoms with van der Waals surface area (Å²) in [5, 5.41) is 9.91. The van der Waals surface area contributed by atoms with Gasteiger partial charge >= 0.3 is 0 Å². The molecule has 0 radical (unpaired) electrons. The van der Waals surface area contributed by atoms with Gasteiger partial charge < -0.3 is 14.7 Å². The number of hydrogen-bond donors (Lipinski definition) is 1. The second kappa shape index (κ2) is 5.51. The first-order chi connectivity index (χ1) is 8.20. The van der Waals surface area contributed by atoms with Gasteiger partial charge in [-0.15, -0.1) is 0 Å². The van der Waals surface area contributed by atoms with Crippen molar-refractivity contribution < 1.29 is 14.6 Å². The van der Waals surface area contributed by atoms with E-state index in [1.807, 2.05) is 0 Å². The predicted molar refractivity (Wildman–Crippen MR) is 67.5 cm³/mol. The Labute approximate surface area is 108 Å². The van der Waals surface area contributed by atoms with Crippen molar-refractivity contribution in [3.05, 3.63) is 29.8 Å². The molecule has 1 amide bonds. The van der Waals surface area contributed by atoms with Gasteiger partial charge in [0.15, 0.2) is 0 Å². The number of nitrogens with zero attached hydrogens (tertiary/aromatic N) is 1. The number of phenols is 1. The average molecular weight is 300 g/mol. The second-order valence-corrected chi connectivity index (χ2v) is 4.59. The van der Waals surface area contributed by atoms with E-state index < -0.39 is 0 Å². The molecule has 1 aliphatic rings. The maximum atomic E-state index is 12.1. The smallest absolute Gasteiger partial charge is 0.254 e. The maximum absolute atomic E-state index is 12.1. The summed E-state index contributed by atoms with van der Waals surface area (Å²) in [6, 6.07) is 6.32. The lowest BCUT2D eigenvalue weighted by Crippen LogP contribution is -2.46. The molecule has 1 heterocycles. The molecule has 0 bridgehead atoms. The van der Waals surface area contributed by atoms with E-state index in [2.05, 4.69) is 15.9 Å². The Hall–Kier alpha value is -1.07. The van der Waals surface area contributed by atoms with Crippen LogP contribution in [0.2, 0.25) is 0 Å². The Morgan fingerprint density at radius 3 is 2.82 bits per heavy atom. The summed E-state index contributed by atoms with van der Waals surface area (Å²) in [6.45, 7) is 1.79. The normalized spacial score (nSPS) is 20.3. The number of aromatic hydroxyl groups is 1. The third-order valence-electron chi connectivity index (χ3n) is 2.71. The van der Waals surface area contributed by atoms with E-state index in [9.17, 15) is 9.90 Å². The van der Waals surface area contributed by atoms with Crippen LogP contribution in [0.25, 0.3) is 0 Å². The number of ether oxygens (including phenoxy) is 1. The Morgan fingerprint density at radius 1 is 1.47 bits per heavy atom. The molecule has 0 aromatic heterocycles. The van der Waals surface area contributed by atoms with Crippen LogP contribution >= 0.6 is 15.9 Å². The summed E-state index contributed by atoms with van der Waals surface area (Å²) in [7, 11) is 0. The number of morpholine rings is 1. The van der Waals surface area contributed by atoms with E-state index in [1.165, 1.54) is 12.1 Å². The Kier molecular flexibility index (Phi) is 4.02. The largest absolute Gasteiger partial charge is 0.508 e. The van der Waals surface area contributed by atoms with Crippen molar-refractivity contribution in [3.8, 4) is 5.75 Å². The van der Waals surface area contributed by atoms with Crippen LogP contribution < -0.4 is 0 Å². The minimum absolute atomic E-state index is 0.0146. The van der Waals surface area contributed by atoms with E-state index >= 15 is 0 Å². The Bertz CT molecular complexity index is 393. The fourth-order valence-corrected chi connectivity index (χ4v) is 2.18. The number of hydrogen-bond acceptors (Lipinski definition) is 3. The number of amides is 1. The van der Waals surface area contributed by atoms with Crippen molar-refractivity contribution >= 4 is 21.8 Å². The zero-order valence-electron chi connectivity index (χ0n) is 9.30. The zero-order valence-corrected chi connectivity index (χ0v) is 10.9. The van der Waals surface area contributed by atoms with Gasteiger partial charge in [-0.25, -0.2) is 0 Å². The van der Waals surface area contributed by atoms with Gasteiger partial charge in [0.2, 0.25) is 0 Å². The lowest BCUT2D eigenvalue weighted by molar-refractivity contribution is -0.00965. The van der Waals surface area contributed by atoms with Gasteiger partial charge in [0.25, 0.3) is 5.91 Å². The molecule has 1 saturated heterocycles. The number of carbonyl (C=O) groups is 1. The SMILES string of the molecule is O=C(c1ccc(O)cc1)N1CCOC(CBr)C1. The van der Waals surface area contributed by atoms with Gasteiger partial charge in [-0.1, -0.05) is 15.9 Å².